The first kappa shape index (κ1) is 24.1. The second-order valence-electron chi connectivity index (χ2n) is 6.46. The summed E-state index contributed by atoms with van der Waals surface area (Å²) in [6.07, 6.45) is 0.993. The minimum Gasteiger partial charge on any atom is -0.478 e. The lowest BCUT2D eigenvalue weighted by Crippen LogP contribution is -2.22. The normalized spacial score (nSPS) is 12.7. The number of nitrogens with one attached hydrogen (secondary N) is 2. The summed E-state index contributed by atoms with van der Waals surface area (Å²) >= 11 is 1.29. The molecule has 0 aliphatic rings. The molecule has 0 heterocycles. The van der Waals surface area contributed by atoms with Gasteiger partial charge in [0.15, 0.2) is 0 Å². The van der Waals surface area contributed by atoms with Crippen molar-refractivity contribution in [2.45, 2.75) is 28.9 Å². The Morgan fingerprint density at radius 2 is 1.52 bits per heavy atom. The highest BCUT2D eigenvalue weighted by Crippen LogP contribution is 2.26. The third kappa shape index (κ3) is 7.55. The van der Waals surface area contributed by atoms with Crippen LogP contribution in [0.15, 0.2) is 70.0 Å². The van der Waals surface area contributed by atoms with E-state index >= 15 is 0 Å². The summed E-state index contributed by atoms with van der Waals surface area (Å²) < 4.78 is 22.5. The molecular formula is C20H21N3O6S2. The molecule has 0 saturated carbocycles. The van der Waals surface area contributed by atoms with Crippen LogP contribution in [0.1, 0.15) is 13.8 Å². The first-order chi connectivity index (χ1) is 14.5. The van der Waals surface area contributed by atoms with E-state index in [2.05, 4.69) is 10.6 Å². The third-order valence-electron chi connectivity index (χ3n) is 3.94. The fourth-order valence-corrected chi connectivity index (χ4v) is 3.67. The maximum atomic E-state index is 12.4. The minimum absolute atomic E-state index is 0.0475. The predicted molar refractivity (Wildman–Crippen MR) is 118 cm³/mol. The average Bonchev–Trinajstić information content (AvgIpc) is 2.69. The lowest BCUT2D eigenvalue weighted by Gasteiger charge is -2.13. The van der Waals surface area contributed by atoms with Gasteiger partial charge in [0, 0.05) is 27.9 Å². The fraction of sp³-hybridized carbons (Fsp3) is 0.150. The molecule has 2 amide bonds. The number of rotatable bonds is 8. The maximum absolute atomic E-state index is 12.4. The largest absolute Gasteiger partial charge is 0.478 e. The Morgan fingerprint density at radius 1 is 1.00 bits per heavy atom. The standard InChI is InChI=1S/C20H21N3O6S2/c1-12(20(26)27)11-18(24)22-14-3-7-16(8-4-14)30-13(2)19(25)23-15-5-9-17(10-6-15)31(21,28)29/h3-11,13H,1-2H3,(H,22,24)(H,23,25)(H,26,27)(H2,21,28,29)/b12-11+/t13-/m1/s1. The average molecular weight is 464 g/mol. The van der Waals surface area contributed by atoms with Crippen molar-refractivity contribution in [1.82, 2.24) is 0 Å². The number of anilines is 2. The van der Waals surface area contributed by atoms with Gasteiger partial charge < -0.3 is 15.7 Å². The molecular weight excluding hydrogens is 442 g/mol. The van der Waals surface area contributed by atoms with Crippen LogP contribution in [0.4, 0.5) is 11.4 Å². The molecule has 0 saturated heterocycles. The summed E-state index contributed by atoms with van der Waals surface area (Å²) in [4.78, 5) is 35.6. The Bertz CT molecular complexity index is 1110. The van der Waals surface area contributed by atoms with Crippen molar-refractivity contribution < 1.29 is 27.9 Å². The third-order valence-corrected chi connectivity index (χ3v) is 5.98. The van der Waals surface area contributed by atoms with Crippen molar-refractivity contribution in [2.24, 2.45) is 5.14 Å². The number of hydrogen-bond acceptors (Lipinski definition) is 6. The summed E-state index contributed by atoms with van der Waals surface area (Å²) in [5.74, 6) is -2.00. The molecule has 0 bridgehead atoms. The number of hydrogen-bond donors (Lipinski definition) is 4. The quantitative estimate of drug-likeness (QED) is 0.346. The lowest BCUT2D eigenvalue weighted by molar-refractivity contribution is -0.132. The second kappa shape index (κ2) is 10.2. The monoisotopic (exact) mass is 463 g/mol. The number of sulfonamides is 1. The molecule has 11 heteroatoms. The van der Waals surface area contributed by atoms with Gasteiger partial charge in [0.2, 0.25) is 21.8 Å². The highest BCUT2D eigenvalue weighted by molar-refractivity contribution is 8.00. The highest BCUT2D eigenvalue weighted by Gasteiger charge is 2.15. The van der Waals surface area contributed by atoms with Crippen LogP contribution < -0.4 is 15.8 Å². The van der Waals surface area contributed by atoms with E-state index < -0.39 is 27.1 Å². The lowest BCUT2D eigenvalue weighted by atomic mass is 10.2. The summed E-state index contributed by atoms with van der Waals surface area (Å²) in [6.45, 7) is 3.04. The molecule has 0 radical (unpaired) electrons. The van der Waals surface area contributed by atoms with Gasteiger partial charge in [-0.25, -0.2) is 18.4 Å². The van der Waals surface area contributed by atoms with Crippen molar-refractivity contribution in [3.05, 3.63) is 60.2 Å². The summed E-state index contributed by atoms with van der Waals surface area (Å²) in [5.41, 5.74) is 0.840. The number of aliphatic carboxylic acids is 1. The van der Waals surface area contributed by atoms with Gasteiger partial charge in [0.1, 0.15) is 0 Å². The molecule has 0 spiro atoms. The zero-order chi connectivity index (χ0) is 23.2. The minimum atomic E-state index is -3.80. The van der Waals surface area contributed by atoms with Crippen molar-refractivity contribution in [3.8, 4) is 0 Å². The first-order valence-electron chi connectivity index (χ1n) is 8.89. The van der Waals surface area contributed by atoms with Crippen molar-refractivity contribution >= 4 is 50.9 Å². The number of primary sulfonamides is 1. The smallest absolute Gasteiger partial charge is 0.331 e. The fourth-order valence-electron chi connectivity index (χ4n) is 2.28. The Labute approximate surface area is 183 Å². The van der Waals surface area contributed by atoms with Crippen LogP contribution in [0.2, 0.25) is 0 Å². The van der Waals surface area contributed by atoms with Gasteiger partial charge in [0.25, 0.3) is 0 Å². The first-order valence-corrected chi connectivity index (χ1v) is 11.3. The van der Waals surface area contributed by atoms with Gasteiger partial charge in [-0.15, -0.1) is 11.8 Å². The highest BCUT2D eigenvalue weighted by atomic mass is 32.2. The van der Waals surface area contributed by atoms with Crippen molar-refractivity contribution in [3.63, 3.8) is 0 Å². The van der Waals surface area contributed by atoms with Crippen LogP contribution in [0.5, 0.6) is 0 Å². The summed E-state index contributed by atoms with van der Waals surface area (Å²) in [6, 6.07) is 12.2. The van der Waals surface area contributed by atoms with E-state index in [1.165, 1.54) is 43.0 Å². The maximum Gasteiger partial charge on any atom is 0.331 e. The van der Waals surface area contributed by atoms with E-state index in [-0.39, 0.29) is 16.4 Å². The molecule has 2 rings (SSSR count). The van der Waals surface area contributed by atoms with E-state index in [1.54, 1.807) is 31.2 Å². The zero-order valence-electron chi connectivity index (χ0n) is 16.7. The Hall–Kier alpha value is -3.15. The summed E-state index contributed by atoms with van der Waals surface area (Å²) in [7, 11) is -3.80. The predicted octanol–water partition coefficient (Wildman–Crippen LogP) is 2.42. The molecule has 0 fully saturated rings. The molecule has 164 valence electrons. The van der Waals surface area contributed by atoms with Gasteiger partial charge in [-0.05, 0) is 62.4 Å². The number of nitrogens with two attached hydrogens (primary N) is 1. The van der Waals surface area contributed by atoms with Gasteiger partial charge in [-0.1, -0.05) is 0 Å². The van der Waals surface area contributed by atoms with Crippen LogP contribution in [-0.4, -0.2) is 36.6 Å². The van der Waals surface area contributed by atoms with E-state index in [1.807, 2.05) is 0 Å². The number of carboxylic acids is 1. The number of benzene rings is 2. The second-order valence-corrected chi connectivity index (χ2v) is 9.44. The molecule has 2 aromatic rings. The Balaban J connectivity index is 1.93. The molecule has 31 heavy (non-hydrogen) atoms. The van der Waals surface area contributed by atoms with Crippen LogP contribution in [0.3, 0.4) is 0 Å². The van der Waals surface area contributed by atoms with Gasteiger partial charge in [-0.3, -0.25) is 9.59 Å². The van der Waals surface area contributed by atoms with Crippen LogP contribution in [-0.2, 0) is 24.4 Å². The number of carbonyl (C=O) groups is 3. The van der Waals surface area contributed by atoms with Crippen molar-refractivity contribution in [2.75, 3.05) is 10.6 Å². The topological polar surface area (TPSA) is 156 Å². The molecule has 0 aliphatic heterocycles. The van der Waals surface area contributed by atoms with E-state index in [9.17, 15) is 22.8 Å². The van der Waals surface area contributed by atoms with Crippen LogP contribution >= 0.6 is 11.8 Å². The van der Waals surface area contributed by atoms with E-state index in [0.29, 0.717) is 11.4 Å². The van der Waals surface area contributed by atoms with E-state index in [4.69, 9.17) is 10.2 Å². The SMILES string of the molecule is C/C(=C\C(=O)Nc1ccc(S[C@H](C)C(=O)Nc2ccc(S(N)(=O)=O)cc2)cc1)C(=O)O. The number of amides is 2. The number of thioether (sulfide) groups is 1. The van der Waals surface area contributed by atoms with Crippen LogP contribution in [0.25, 0.3) is 0 Å². The Morgan fingerprint density at radius 3 is 2.03 bits per heavy atom. The molecule has 0 aliphatic carbocycles. The number of carboxylic acid groups (broad SMARTS) is 1. The van der Waals surface area contributed by atoms with Gasteiger partial charge in [-0.2, -0.15) is 0 Å². The van der Waals surface area contributed by atoms with E-state index in [0.717, 1.165) is 11.0 Å². The molecule has 1 atom stereocenters. The molecule has 0 aromatic heterocycles. The molecule has 9 nitrogen and oxygen atoms in total. The van der Waals surface area contributed by atoms with Gasteiger partial charge in [0.05, 0.1) is 10.1 Å². The molecule has 2 aromatic carbocycles. The zero-order valence-corrected chi connectivity index (χ0v) is 18.3. The van der Waals surface area contributed by atoms with Gasteiger partial charge >= 0.3 is 5.97 Å². The summed E-state index contributed by atoms with van der Waals surface area (Å²) in [5, 5.41) is 18.6. The molecule has 0 unspecified atom stereocenters. The molecule has 5 N–H and O–H groups in total. The number of carbonyl (C=O) groups excluding carboxylic acids is 2. The van der Waals surface area contributed by atoms with Crippen molar-refractivity contribution in [1.29, 1.82) is 0 Å². The van der Waals surface area contributed by atoms with Crippen LogP contribution in [0, 0.1) is 0 Å². The Kier molecular flexibility index (Phi) is 7.97.